The van der Waals surface area contributed by atoms with Crippen molar-refractivity contribution < 1.29 is 4.79 Å². The molecular formula is C19H26N4O2. The van der Waals surface area contributed by atoms with E-state index in [-0.39, 0.29) is 22.9 Å². The van der Waals surface area contributed by atoms with E-state index in [2.05, 4.69) is 48.1 Å². The summed E-state index contributed by atoms with van der Waals surface area (Å²) in [4.78, 5) is 28.5. The molecule has 0 bridgehead atoms. The van der Waals surface area contributed by atoms with Gasteiger partial charge in [0.15, 0.2) is 0 Å². The molecule has 6 heteroatoms. The molecule has 2 heterocycles. The Hall–Kier alpha value is -2.37. The molecular weight excluding hydrogens is 316 g/mol. The average molecular weight is 342 g/mol. The van der Waals surface area contributed by atoms with Crippen molar-refractivity contribution in [2.75, 3.05) is 13.1 Å². The van der Waals surface area contributed by atoms with E-state index in [1.54, 1.807) is 0 Å². The van der Waals surface area contributed by atoms with E-state index in [1.165, 1.54) is 5.56 Å². The number of likely N-dealkylation sites (tertiary alicyclic amines) is 1. The van der Waals surface area contributed by atoms with Gasteiger partial charge in [-0.25, -0.2) is 9.89 Å². The van der Waals surface area contributed by atoms with Gasteiger partial charge >= 0.3 is 5.69 Å². The van der Waals surface area contributed by atoms with Crippen molar-refractivity contribution in [1.82, 2.24) is 20.1 Å². The lowest BCUT2D eigenvalue weighted by molar-refractivity contribution is 0.0711. The van der Waals surface area contributed by atoms with Crippen molar-refractivity contribution in [2.45, 2.75) is 51.4 Å². The van der Waals surface area contributed by atoms with Gasteiger partial charge in [-0.05, 0) is 42.4 Å². The van der Waals surface area contributed by atoms with Crippen LogP contribution in [0.25, 0.3) is 0 Å². The summed E-state index contributed by atoms with van der Waals surface area (Å²) in [5, 5.41) is 6.42. The number of amides is 1. The molecule has 1 aromatic heterocycles. The minimum absolute atomic E-state index is 0.0785. The maximum absolute atomic E-state index is 12.7. The minimum Gasteiger partial charge on any atom is -0.339 e. The number of piperidine rings is 1. The van der Waals surface area contributed by atoms with Crippen LogP contribution in [0.1, 0.15) is 67.7 Å². The van der Waals surface area contributed by atoms with Crippen LogP contribution in [0.15, 0.2) is 29.1 Å². The summed E-state index contributed by atoms with van der Waals surface area (Å²) in [6.45, 7) is 7.97. The second-order valence-corrected chi connectivity index (χ2v) is 7.44. The number of carbonyl (C=O) groups is 1. The van der Waals surface area contributed by atoms with Gasteiger partial charge in [0.2, 0.25) is 0 Å². The highest BCUT2D eigenvalue weighted by atomic mass is 16.2. The van der Waals surface area contributed by atoms with Crippen molar-refractivity contribution in [3.05, 3.63) is 51.7 Å². The fourth-order valence-corrected chi connectivity index (χ4v) is 3.28. The number of aromatic nitrogens is 3. The number of nitrogens with zero attached hydrogens (tertiary/aromatic N) is 2. The molecule has 0 saturated carbocycles. The highest BCUT2D eigenvalue weighted by Crippen LogP contribution is 2.28. The van der Waals surface area contributed by atoms with E-state index in [0.717, 1.165) is 24.8 Å². The molecule has 1 aliphatic heterocycles. The van der Waals surface area contributed by atoms with Crippen LogP contribution in [0.4, 0.5) is 0 Å². The summed E-state index contributed by atoms with van der Waals surface area (Å²) in [5.74, 6) is 0.980. The Kier molecular flexibility index (Phi) is 4.79. The van der Waals surface area contributed by atoms with Crippen molar-refractivity contribution >= 4 is 5.91 Å². The molecule has 0 unspecified atom stereocenters. The van der Waals surface area contributed by atoms with Gasteiger partial charge in [0, 0.05) is 24.6 Å². The number of hydrogen-bond acceptors (Lipinski definition) is 3. The first-order valence-corrected chi connectivity index (χ1v) is 8.95. The molecule has 6 nitrogen and oxygen atoms in total. The summed E-state index contributed by atoms with van der Waals surface area (Å²) >= 11 is 0. The third kappa shape index (κ3) is 3.67. The predicted octanol–water partition coefficient (Wildman–Crippen LogP) is 2.81. The summed E-state index contributed by atoms with van der Waals surface area (Å²) in [5.41, 5.74) is 1.85. The van der Waals surface area contributed by atoms with Crippen LogP contribution >= 0.6 is 0 Å². The largest absolute Gasteiger partial charge is 0.340 e. The number of benzene rings is 1. The SMILES string of the molecule is CCC(C)(C)c1ccc(C(=O)N2CCC(c3n[nH]c(=O)[nH]3)CC2)cc1. The van der Waals surface area contributed by atoms with Gasteiger partial charge in [0.25, 0.3) is 5.91 Å². The van der Waals surface area contributed by atoms with Crippen LogP contribution in [0, 0.1) is 0 Å². The topological polar surface area (TPSA) is 81.8 Å². The predicted molar refractivity (Wildman–Crippen MR) is 96.8 cm³/mol. The second kappa shape index (κ2) is 6.86. The van der Waals surface area contributed by atoms with Gasteiger partial charge in [-0.2, -0.15) is 5.10 Å². The smallest absolute Gasteiger partial charge is 0.339 e. The van der Waals surface area contributed by atoms with Gasteiger partial charge in [-0.3, -0.25) is 9.78 Å². The molecule has 2 aromatic rings. The Balaban J connectivity index is 1.63. The molecule has 3 rings (SSSR count). The first-order chi connectivity index (χ1) is 11.9. The molecule has 0 radical (unpaired) electrons. The van der Waals surface area contributed by atoms with Crippen molar-refractivity contribution in [3.8, 4) is 0 Å². The van der Waals surface area contributed by atoms with Crippen LogP contribution in [-0.2, 0) is 5.41 Å². The molecule has 134 valence electrons. The molecule has 1 amide bonds. The Bertz CT molecular complexity index is 780. The standard InChI is InChI=1S/C19H26N4O2/c1-4-19(2,3)15-7-5-14(6-8-15)17(24)23-11-9-13(10-12-23)16-20-18(25)22-21-16/h5-8,13H,4,9-12H2,1-3H3,(H2,20,21,22,25). The lowest BCUT2D eigenvalue weighted by atomic mass is 9.82. The monoisotopic (exact) mass is 342 g/mol. The normalized spacial score (nSPS) is 16.2. The third-order valence-corrected chi connectivity index (χ3v) is 5.49. The number of H-pyrrole nitrogens is 2. The molecule has 1 aliphatic rings. The first-order valence-electron chi connectivity index (χ1n) is 8.95. The highest BCUT2D eigenvalue weighted by molar-refractivity contribution is 5.94. The quantitative estimate of drug-likeness (QED) is 0.896. The van der Waals surface area contributed by atoms with Gasteiger partial charge in [-0.15, -0.1) is 0 Å². The molecule has 0 spiro atoms. The maximum Gasteiger partial charge on any atom is 0.340 e. The van der Waals surface area contributed by atoms with E-state index in [4.69, 9.17) is 0 Å². The molecule has 2 N–H and O–H groups in total. The van der Waals surface area contributed by atoms with Gasteiger partial charge < -0.3 is 4.90 Å². The number of hydrogen-bond donors (Lipinski definition) is 2. The summed E-state index contributed by atoms with van der Waals surface area (Å²) in [7, 11) is 0. The zero-order valence-corrected chi connectivity index (χ0v) is 15.1. The lowest BCUT2D eigenvalue weighted by Crippen LogP contribution is -2.38. The van der Waals surface area contributed by atoms with Crippen molar-refractivity contribution in [2.24, 2.45) is 0 Å². The number of nitrogens with one attached hydrogen (secondary N) is 2. The fourth-order valence-electron chi connectivity index (χ4n) is 3.28. The third-order valence-electron chi connectivity index (χ3n) is 5.49. The van der Waals surface area contributed by atoms with Crippen LogP contribution in [0.5, 0.6) is 0 Å². The molecule has 0 atom stereocenters. The van der Waals surface area contributed by atoms with Crippen LogP contribution in [0.3, 0.4) is 0 Å². The lowest BCUT2D eigenvalue weighted by Gasteiger charge is -2.31. The Morgan fingerprint density at radius 2 is 1.88 bits per heavy atom. The Morgan fingerprint density at radius 1 is 1.24 bits per heavy atom. The van der Waals surface area contributed by atoms with Crippen molar-refractivity contribution in [3.63, 3.8) is 0 Å². The summed E-state index contributed by atoms with van der Waals surface area (Å²) in [6.07, 6.45) is 2.68. The zero-order chi connectivity index (χ0) is 18.0. The van der Waals surface area contributed by atoms with E-state index in [0.29, 0.717) is 18.9 Å². The first kappa shape index (κ1) is 17.5. The van der Waals surface area contributed by atoms with Crippen LogP contribution in [0.2, 0.25) is 0 Å². The number of carbonyl (C=O) groups excluding carboxylic acids is 1. The molecule has 1 fully saturated rings. The summed E-state index contributed by atoms with van der Waals surface area (Å²) < 4.78 is 0. The zero-order valence-electron chi connectivity index (χ0n) is 15.1. The van der Waals surface area contributed by atoms with Crippen LogP contribution in [-0.4, -0.2) is 39.1 Å². The van der Waals surface area contributed by atoms with Crippen molar-refractivity contribution in [1.29, 1.82) is 0 Å². The Labute approximate surface area is 147 Å². The molecule has 1 saturated heterocycles. The highest BCUT2D eigenvalue weighted by Gasteiger charge is 2.26. The fraction of sp³-hybridized carbons (Fsp3) is 0.526. The molecule has 1 aromatic carbocycles. The van der Waals surface area contributed by atoms with Gasteiger partial charge in [0.05, 0.1) is 0 Å². The number of aromatic amines is 2. The molecule has 25 heavy (non-hydrogen) atoms. The number of rotatable bonds is 4. The summed E-state index contributed by atoms with van der Waals surface area (Å²) in [6, 6.07) is 8.01. The van der Waals surface area contributed by atoms with E-state index in [9.17, 15) is 9.59 Å². The Morgan fingerprint density at radius 3 is 2.40 bits per heavy atom. The van der Waals surface area contributed by atoms with Gasteiger partial charge in [-0.1, -0.05) is 32.9 Å². The van der Waals surface area contributed by atoms with E-state index >= 15 is 0 Å². The van der Waals surface area contributed by atoms with Gasteiger partial charge in [0.1, 0.15) is 5.82 Å². The van der Waals surface area contributed by atoms with E-state index < -0.39 is 0 Å². The minimum atomic E-state index is -0.274. The molecule has 0 aliphatic carbocycles. The van der Waals surface area contributed by atoms with E-state index in [1.807, 2.05) is 17.0 Å². The maximum atomic E-state index is 12.7. The van der Waals surface area contributed by atoms with Crippen LogP contribution < -0.4 is 5.69 Å². The second-order valence-electron chi connectivity index (χ2n) is 7.44. The average Bonchev–Trinajstić information content (AvgIpc) is 3.08.